The predicted molar refractivity (Wildman–Crippen MR) is 107 cm³/mol. The van der Waals surface area contributed by atoms with Crippen LogP contribution in [0, 0.1) is 0 Å². The second kappa shape index (κ2) is 8.76. The zero-order chi connectivity index (χ0) is 20.3. The van der Waals surface area contributed by atoms with E-state index >= 15 is 0 Å². The van der Waals surface area contributed by atoms with Crippen LogP contribution in [0.15, 0.2) is 18.2 Å². The molecule has 1 atom stereocenters. The van der Waals surface area contributed by atoms with E-state index in [1.807, 2.05) is 12.1 Å². The second-order valence-corrected chi connectivity index (χ2v) is 10.8. The van der Waals surface area contributed by atoms with Crippen molar-refractivity contribution in [3.05, 3.63) is 34.9 Å². The average molecular weight is 426 g/mol. The Labute approximate surface area is 167 Å². The van der Waals surface area contributed by atoms with Crippen LogP contribution in [0.25, 0.3) is 0 Å². The maximum Gasteiger partial charge on any atom is 0.335 e. The van der Waals surface area contributed by atoms with Gasteiger partial charge in [0.05, 0.1) is 0 Å². The lowest BCUT2D eigenvalue weighted by Gasteiger charge is -2.33. The van der Waals surface area contributed by atoms with Crippen LogP contribution in [0.3, 0.4) is 0 Å². The first kappa shape index (κ1) is 23.7. The number of alkyl halides is 2. The van der Waals surface area contributed by atoms with E-state index < -0.39 is 26.8 Å². The third-order valence-corrected chi connectivity index (χ3v) is 5.35. The van der Waals surface area contributed by atoms with Gasteiger partial charge in [0.25, 0.3) is 0 Å². The van der Waals surface area contributed by atoms with Crippen molar-refractivity contribution >= 4 is 33.5 Å². The van der Waals surface area contributed by atoms with Crippen LogP contribution in [0.4, 0.5) is 0 Å². The molecule has 0 fully saturated rings. The fourth-order valence-electron chi connectivity index (χ4n) is 2.60. The molecule has 0 aliphatic carbocycles. The first-order chi connectivity index (χ1) is 11.7. The summed E-state index contributed by atoms with van der Waals surface area (Å²) in [6, 6.07) is 5.79. The first-order valence-corrected chi connectivity index (χ1v) is 10.7. The molecule has 150 valence electrons. The molecule has 2 N–H and O–H groups in total. The zero-order valence-electron chi connectivity index (χ0n) is 16.1. The smallest absolute Gasteiger partial charge is 0.335 e. The van der Waals surface area contributed by atoms with Gasteiger partial charge in [0.15, 0.2) is 0 Å². The van der Waals surface area contributed by atoms with Gasteiger partial charge in [0, 0.05) is 13.5 Å². The molecular formula is C18H29Cl2NO4S. The van der Waals surface area contributed by atoms with Gasteiger partial charge in [-0.2, -0.15) is 13.1 Å². The first-order valence-electron chi connectivity index (χ1n) is 8.52. The molecule has 0 aliphatic heterocycles. The van der Waals surface area contributed by atoms with Gasteiger partial charge in [-0.25, -0.2) is 0 Å². The Kier molecular flexibility index (Phi) is 7.97. The van der Waals surface area contributed by atoms with Crippen molar-refractivity contribution in [2.75, 3.05) is 13.7 Å². The van der Waals surface area contributed by atoms with Gasteiger partial charge in [0.1, 0.15) is 16.5 Å². The number of hydrogen-bond acceptors (Lipinski definition) is 4. The van der Waals surface area contributed by atoms with Crippen LogP contribution in [0.1, 0.15) is 69.6 Å². The topological polar surface area (TPSA) is 75.6 Å². The van der Waals surface area contributed by atoms with E-state index in [1.54, 1.807) is 6.92 Å². The summed E-state index contributed by atoms with van der Waals surface area (Å²) in [6.45, 7) is 9.26. The summed E-state index contributed by atoms with van der Waals surface area (Å²) in [5.74, 6) is 0.467. The Morgan fingerprint density at radius 1 is 1.12 bits per heavy atom. The third-order valence-electron chi connectivity index (χ3n) is 4.15. The molecule has 5 nitrogen and oxygen atoms in total. The number of aliphatic hydroxyl groups is 1. The average Bonchev–Trinajstić information content (AvgIpc) is 2.51. The minimum absolute atomic E-state index is 0.0958. The zero-order valence-corrected chi connectivity index (χ0v) is 18.5. The molecule has 0 radical (unpaired) electrons. The second-order valence-electron chi connectivity index (χ2n) is 7.40. The van der Waals surface area contributed by atoms with E-state index in [0.717, 1.165) is 11.1 Å². The van der Waals surface area contributed by atoms with Crippen LogP contribution in [0.2, 0.25) is 0 Å². The highest BCUT2D eigenvalue weighted by Crippen LogP contribution is 2.39. The van der Waals surface area contributed by atoms with Gasteiger partial charge < -0.3 is 5.11 Å². The fourth-order valence-corrected chi connectivity index (χ4v) is 3.51. The predicted octanol–water partition coefficient (Wildman–Crippen LogP) is 4.19. The number of halogens is 2. The van der Waals surface area contributed by atoms with Crippen molar-refractivity contribution in [3.8, 4) is 0 Å². The molecule has 0 aromatic heterocycles. The number of benzene rings is 1. The molecule has 26 heavy (non-hydrogen) atoms. The van der Waals surface area contributed by atoms with Gasteiger partial charge in [-0.3, -0.25) is 4.18 Å². The van der Waals surface area contributed by atoms with E-state index in [0.29, 0.717) is 5.56 Å². The molecule has 0 saturated carbocycles. The van der Waals surface area contributed by atoms with E-state index in [1.165, 1.54) is 7.05 Å². The molecule has 1 rings (SSSR count). The molecule has 0 bridgehead atoms. The van der Waals surface area contributed by atoms with Crippen molar-refractivity contribution < 1.29 is 17.7 Å². The normalized spacial score (nSPS) is 15.5. The number of nitrogens with one attached hydrogen (secondary N) is 1. The molecule has 0 aliphatic rings. The van der Waals surface area contributed by atoms with Crippen molar-refractivity contribution in [2.24, 2.45) is 0 Å². The van der Waals surface area contributed by atoms with Crippen molar-refractivity contribution in [1.29, 1.82) is 0 Å². The van der Waals surface area contributed by atoms with Crippen LogP contribution in [0.5, 0.6) is 0 Å². The SMILES string of the molecule is CNS(=O)(=O)OCC(O)(CC(C)(Cl)Cl)c1cc(C(C)C)cc(C(C)C)c1. The minimum Gasteiger partial charge on any atom is -0.383 e. The third kappa shape index (κ3) is 6.98. The Balaban J connectivity index is 3.45. The molecule has 0 heterocycles. The quantitative estimate of drug-likeness (QED) is 0.581. The highest BCUT2D eigenvalue weighted by molar-refractivity contribution is 7.84. The minimum atomic E-state index is -3.97. The van der Waals surface area contributed by atoms with Gasteiger partial charge in [0.2, 0.25) is 0 Å². The summed E-state index contributed by atoms with van der Waals surface area (Å²) in [5.41, 5.74) is 0.932. The lowest BCUT2D eigenvalue weighted by atomic mass is 9.84. The summed E-state index contributed by atoms with van der Waals surface area (Å²) >= 11 is 12.3. The molecule has 0 spiro atoms. The van der Waals surface area contributed by atoms with Crippen molar-refractivity contribution in [3.63, 3.8) is 0 Å². The van der Waals surface area contributed by atoms with Gasteiger partial charge >= 0.3 is 10.3 Å². The summed E-state index contributed by atoms with van der Waals surface area (Å²) in [5, 5.41) is 11.3. The van der Waals surface area contributed by atoms with Crippen molar-refractivity contribution in [1.82, 2.24) is 4.72 Å². The Bertz CT molecular complexity index is 688. The molecule has 1 unspecified atom stereocenters. The molecule has 0 saturated heterocycles. The van der Waals surface area contributed by atoms with E-state index in [9.17, 15) is 13.5 Å². The molecule has 0 amide bonds. The van der Waals surface area contributed by atoms with E-state index in [2.05, 4.69) is 38.5 Å². The van der Waals surface area contributed by atoms with E-state index in [-0.39, 0.29) is 18.3 Å². The molecular weight excluding hydrogens is 397 g/mol. The van der Waals surface area contributed by atoms with E-state index in [4.69, 9.17) is 27.4 Å². The highest BCUT2D eigenvalue weighted by Gasteiger charge is 2.39. The Hall–Kier alpha value is -0.370. The summed E-state index contributed by atoms with van der Waals surface area (Å²) in [4.78, 5) is 0. The molecule has 1 aromatic carbocycles. The fraction of sp³-hybridized carbons (Fsp3) is 0.667. The van der Waals surface area contributed by atoms with Crippen LogP contribution in [-0.2, 0) is 20.1 Å². The van der Waals surface area contributed by atoms with Gasteiger partial charge in [-0.05, 0) is 35.4 Å². The number of rotatable bonds is 9. The van der Waals surface area contributed by atoms with Gasteiger partial charge in [-0.1, -0.05) is 45.9 Å². The Morgan fingerprint density at radius 2 is 1.58 bits per heavy atom. The Morgan fingerprint density at radius 3 is 1.92 bits per heavy atom. The van der Waals surface area contributed by atoms with Crippen molar-refractivity contribution in [2.45, 2.75) is 62.8 Å². The van der Waals surface area contributed by atoms with Crippen LogP contribution < -0.4 is 4.72 Å². The van der Waals surface area contributed by atoms with Crippen LogP contribution in [-0.4, -0.2) is 31.5 Å². The van der Waals surface area contributed by atoms with Crippen LogP contribution >= 0.6 is 23.2 Å². The summed E-state index contributed by atoms with van der Waals surface area (Å²) in [7, 11) is -2.73. The lowest BCUT2D eigenvalue weighted by molar-refractivity contribution is -0.0179. The highest BCUT2D eigenvalue weighted by atomic mass is 35.5. The number of hydrogen-bond donors (Lipinski definition) is 2. The summed E-state index contributed by atoms with van der Waals surface area (Å²) in [6.07, 6.45) is -0.0958. The lowest BCUT2D eigenvalue weighted by Crippen LogP contribution is -2.39. The molecule has 8 heteroatoms. The van der Waals surface area contributed by atoms with Gasteiger partial charge in [-0.15, -0.1) is 23.2 Å². The maximum absolute atomic E-state index is 11.7. The maximum atomic E-state index is 11.7. The monoisotopic (exact) mass is 425 g/mol. The largest absolute Gasteiger partial charge is 0.383 e. The standard InChI is InChI=1S/C18H29Cl2NO4S/c1-12(2)14-7-15(13(3)4)9-16(8-14)18(22,10-17(5,19)20)11-25-26(23,24)21-6/h7-9,12-13,21-22H,10-11H2,1-6H3. The summed E-state index contributed by atoms with van der Waals surface area (Å²) < 4.78 is 29.1. The molecule has 1 aromatic rings.